The highest BCUT2D eigenvalue weighted by atomic mass is 16.4. The van der Waals surface area contributed by atoms with E-state index in [1.807, 2.05) is 0 Å². The first-order valence-corrected chi connectivity index (χ1v) is 4.37. The number of carbonyl (C=O) groups is 2. The highest BCUT2D eigenvalue weighted by molar-refractivity contribution is 5.97. The summed E-state index contributed by atoms with van der Waals surface area (Å²) in [6.07, 6.45) is 1.32. The van der Waals surface area contributed by atoms with Crippen LogP contribution in [0.2, 0.25) is 0 Å². The predicted molar refractivity (Wildman–Crippen MR) is 54.6 cm³/mol. The lowest BCUT2D eigenvalue weighted by Gasteiger charge is -1.97. The third-order valence-electron chi connectivity index (χ3n) is 2.14. The first-order chi connectivity index (χ1) is 8.06. The minimum atomic E-state index is -1.44. The molecule has 2 aromatic heterocycles. The van der Waals surface area contributed by atoms with Gasteiger partial charge in [-0.25, -0.2) is 14.6 Å². The van der Waals surface area contributed by atoms with Gasteiger partial charge < -0.3 is 10.2 Å². The van der Waals surface area contributed by atoms with Gasteiger partial charge in [0.2, 0.25) is 5.82 Å². The second-order valence-electron chi connectivity index (χ2n) is 3.10. The molecule has 0 bridgehead atoms. The lowest BCUT2D eigenvalue weighted by Crippen LogP contribution is -2.00. The van der Waals surface area contributed by atoms with Gasteiger partial charge in [0.15, 0.2) is 11.3 Å². The first-order valence-electron chi connectivity index (χ1n) is 4.37. The quantitative estimate of drug-likeness (QED) is 0.769. The van der Waals surface area contributed by atoms with Crippen molar-refractivity contribution < 1.29 is 19.8 Å². The van der Waals surface area contributed by atoms with E-state index in [-0.39, 0.29) is 11.2 Å². The van der Waals surface area contributed by atoms with Gasteiger partial charge in [-0.05, 0) is 17.3 Å². The number of nitrogens with zero attached hydrogens (tertiary/aromatic N) is 3. The van der Waals surface area contributed by atoms with Crippen LogP contribution in [0, 0.1) is 4.91 Å². The number of nitroso groups, excluding NO2 is 1. The smallest absolute Gasteiger partial charge is 0.358 e. The number of hydrogen-bond donors (Lipinski definition) is 2. The van der Waals surface area contributed by atoms with Crippen molar-refractivity contribution in [3.05, 3.63) is 34.5 Å². The molecule has 2 rings (SSSR count). The van der Waals surface area contributed by atoms with Gasteiger partial charge in [0.1, 0.15) is 5.56 Å². The molecule has 8 heteroatoms. The van der Waals surface area contributed by atoms with E-state index >= 15 is 0 Å². The zero-order chi connectivity index (χ0) is 12.6. The molecule has 2 aromatic rings. The number of imidazole rings is 1. The summed E-state index contributed by atoms with van der Waals surface area (Å²) in [5, 5.41) is 20.2. The van der Waals surface area contributed by atoms with Crippen LogP contribution >= 0.6 is 0 Å². The molecule has 0 aromatic carbocycles. The van der Waals surface area contributed by atoms with Gasteiger partial charge in [0.25, 0.3) is 0 Å². The summed E-state index contributed by atoms with van der Waals surface area (Å²) >= 11 is 0. The van der Waals surface area contributed by atoms with Crippen LogP contribution in [0.4, 0.5) is 5.82 Å². The third-order valence-corrected chi connectivity index (χ3v) is 2.14. The molecule has 0 aliphatic carbocycles. The Bertz CT molecular complexity index is 645. The summed E-state index contributed by atoms with van der Waals surface area (Å²) in [6, 6.07) is 2.61. The number of rotatable bonds is 3. The fourth-order valence-corrected chi connectivity index (χ4v) is 1.45. The van der Waals surface area contributed by atoms with Gasteiger partial charge >= 0.3 is 11.9 Å². The molecule has 86 valence electrons. The Morgan fingerprint density at radius 3 is 2.53 bits per heavy atom. The molecule has 0 spiro atoms. The number of carboxylic acid groups (broad SMARTS) is 2. The van der Waals surface area contributed by atoms with Crippen LogP contribution in [0.15, 0.2) is 23.5 Å². The number of fused-ring (bicyclic) bond motifs is 1. The maximum Gasteiger partial charge on any atom is 0.358 e. The maximum atomic E-state index is 10.9. The molecule has 0 saturated heterocycles. The van der Waals surface area contributed by atoms with Crippen LogP contribution in [0.5, 0.6) is 0 Å². The molecule has 2 heterocycles. The van der Waals surface area contributed by atoms with Crippen LogP contribution in [0.3, 0.4) is 0 Å². The normalized spacial score (nSPS) is 10.4. The monoisotopic (exact) mass is 235 g/mol. The molecule has 0 saturated carbocycles. The van der Waals surface area contributed by atoms with Crippen molar-refractivity contribution in [3.63, 3.8) is 0 Å². The largest absolute Gasteiger partial charge is 0.478 e. The third kappa shape index (κ3) is 1.51. The molecule has 2 N–H and O–H groups in total. The Labute approximate surface area is 93.1 Å². The van der Waals surface area contributed by atoms with E-state index in [1.54, 1.807) is 0 Å². The topological polar surface area (TPSA) is 121 Å². The highest BCUT2D eigenvalue weighted by Crippen LogP contribution is 2.23. The minimum absolute atomic E-state index is 0.132. The average molecular weight is 235 g/mol. The molecule has 0 aliphatic rings. The molecule has 0 amide bonds. The molecular formula is C9H5N3O5. The molecule has 0 radical (unpaired) electrons. The van der Waals surface area contributed by atoms with Gasteiger partial charge in [-0.15, -0.1) is 4.91 Å². The standard InChI is InChI=1S/C9H5N3O5/c13-8(14)4-2-1-3-12-6(4)10-5(9(15)16)7(12)11-17/h1-3H,(H,13,14)(H,15,16). The predicted octanol–water partition coefficient (Wildman–Crippen LogP) is 1.13. The Kier molecular flexibility index (Phi) is 2.32. The summed E-state index contributed by atoms with van der Waals surface area (Å²) in [5.41, 5.74) is -0.911. The number of pyridine rings is 1. The number of aromatic nitrogens is 2. The van der Waals surface area contributed by atoms with Crippen molar-refractivity contribution in [1.82, 2.24) is 9.38 Å². The first kappa shape index (κ1) is 10.7. The lowest BCUT2D eigenvalue weighted by atomic mass is 10.3. The minimum Gasteiger partial charge on any atom is -0.478 e. The van der Waals surface area contributed by atoms with Crippen LogP contribution < -0.4 is 0 Å². The Hall–Kier alpha value is -2.77. The van der Waals surface area contributed by atoms with Crippen molar-refractivity contribution in [2.75, 3.05) is 0 Å². The van der Waals surface area contributed by atoms with E-state index in [9.17, 15) is 14.5 Å². The number of hydrogen-bond acceptors (Lipinski definition) is 5. The van der Waals surface area contributed by atoms with Gasteiger partial charge in [-0.1, -0.05) is 0 Å². The summed E-state index contributed by atoms with van der Waals surface area (Å²) in [6.45, 7) is 0. The average Bonchev–Trinajstić information content (AvgIpc) is 2.66. The lowest BCUT2D eigenvalue weighted by molar-refractivity contribution is 0.0681. The fourth-order valence-electron chi connectivity index (χ4n) is 1.45. The molecule has 0 aliphatic heterocycles. The second-order valence-corrected chi connectivity index (χ2v) is 3.10. The van der Waals surface area contributed by atoms with E-state index in [2.05, 4.69) is 10.2 Å². The molecule has 0 unspecified atom stereocenters. The van der Waals surface area contributed by atoms with Crippen molar-refractivity contribution in [1.29, 1.82) is 0 Å². The SMILES string of the molecule is O=Nc1c(C(=O)O)nc2c(C(=O)O)cccn12. The van der Waals surface area contributed by atoms with Crippen molar-refractivity contribution in [2.24, 2.45) is 5.18 Å². The van der Waals surface area contributed by atoms with Gasteiger partial charge in [-0.2, -0.15) is 0 Å². The zero-order valence-corrected chi connectivity index (χ0v) is 8.19. The Morgan fingerprint density at radius 1 is 1.29 bits per heavy atom. The van der Waals surface area contributed by atoms with Crippen LogP contribution in [0.1, 0.15) is 20.8 Å². The van der Waals surface area contributed by atoms with E-state index in [0.717, 1.165) is 4.40 Å². The second kappa shape index (κ2) is 3.67. The highest BCUT2D eigenvalue weighted by Gasteiger charge is 2.22. The van der Waals surface area contributed by atoms with Crippen molar-refractivity contribution >= 4 is 23.4 Å². The fraction of sp³-hybridized carbons (Fsp3) is 0. The number of aromatic carboxylic acids is 2. The molecule has 17 heavy (non-hydrogen) atoms. The van der Waals surface area contributed by atoms with Crippen molar-refractivity contribution in [3.8, 4) is 0 Å². The summed E-state index contributed by atoms with van der Waals surface area (Å²) in [7, 11) is 0. The van der Waals surface area contributed by atoms with Crippen LogP contribution in [-0.4, -0.2) is 31.5 Å². The van der Waals surface area contributed by atoms with Gasteiger partial charge in [0, 0.05) is 6.20 Å². The molecule has 0 atom stereocenters. The van der Waals surface area contributed by atoms with Crippen LogP contribution in [-0.2, 0) is 0 Å². The summed E-state index contributed by atoms with van der Waals surface area (Å²) in [4.78, 5) is 35.9. The molecule has 8 nitrogen and oxygen atoms in total. The van der Waals surface area contributed by atoms with E-state index < -0.39 is 23.5 Å². The molecule has 0 fully saturated rings. The Morgan fingerprint density at radius 2 is 2.00 bits per heavy atom. The summed E-state index contributed by atoms with van der Waals surface area (Å²) < 4.78 is 1.03. The van der Waals surface area contributed by atoms with Gasteiger partial charge in [-0.3, -0.25) is 4.40 Å². The van der Waals surface area contributed by atoms with E-state index in [1.165, 1.54) is 18.3 Å². The van der Waals surface area contributed by atoms with Crippen LogP contribution in [0.25, 0.3) is 5.65 Å². The van der Waals surface area contributed by atoms with E-state index in [0.29, 0.717) is 0 Å². The maximum absolute atomic E-state index is 10.9. The molecular weight excluding hydrogens is 230 g/mol. The van der Waals surface area contributed by atoms with Crippen molar-refractivity contribution in [2.45, 2.75) is 0 Å². The zero-order valence-electron chi connectivity index (χ0n) is 8.19. The van der Waals surface area contributed by atoms with E-state index in [4.69, 9.17) is 10.2 Å². The summed E-state index contributed by atoms with van der Waals surface area (Å²) in [5.74, 6) is -3.15. The number of carboxylic acids is 2. The Balaban J connectivity index is 2.90. The van der Waals surface area contributed by atoms with Gasteiger partial charge in [0.05, 0.1) is 0 Å².